The second kappa shape index (κ2) is 7.86. The molecule has 0 spiro atoms. The Hall–Kier alpha value is -2.11. The van der Waals surface area contributed by atoms with Crippen LogP contribution < -0.4 is 9.80 Å². The minimum atomic E-state index is -0.0438. The van der Waals surface area contributed by atoms with Crippen molar-refractivity contribution in [2.75, 3.05) is 16.3 Å². The molecule has 156 valence electrons. The first-order valence-electron chi connectivity index (χ1n) is 10.5. The number of hydrogen-bond donors (Lipinski definition) is 0. The zero-order valence-electron chi connectivity index (χ0n) is 18.2. The van der Waals surface area contributed by atoms with Crippen molar-refractivity contribution in [3.05, 3.63) is 64.1 Å². The van der Waals surface area contributed by atoms with Gasteiger partial charge in [0.05, 0.1) is 10.6 Å². The number of para-hydroxylation sites is 1. The van der Waals surface area contributed by atoms with Crippen LogP contribution in [0.4, 0.5) is 11.4 Å². The molecule has 0 N–H and O–H groups in total. The van der Waals surface area contributed by atoms with Crippen molar-refractivity contribution >= 4 is 51.7 Å². The molecule has 5 heteroatoms. The van der Waals surface area contributed by atoms with Gasteiger partial charge in [-0.25, -0.2) is 0 Å². The van der Waals surface area contributed by atoms with Crippen LogP contribution in [0, 0.1) is 6.92 Å². The highest BCUT2D eigenvalue weighted by atomic mass is 32.2. The van der Waals surface area contributed by atoms with Crippen LogP contribution in [0.15, 0.2) is 47.4 Å². The smallest absolute Gasteiger partial charge is 0.270 e. The number of aryl methyl sites for hydroxylation is 1. The van der Waals surface area contributed by atoms with Crippen LogP contribution in [-0.2, 0) is 4.79 Å². The van der Waals surface area contributed by atoms with E-state index in [2.05, 4.69) is 51.7 Å². The second-order valence-electron chi connectivity index (χ2n) is 8.78. The third-order valence-corrected chi connectivity index (χ3v) is 7.49. The Kier molecular flexibility index (Phi) is 5.54. The maximum Gasteiger partial charge on any atom is 0.270 e. The largest absolute Gasteiger partial charge is 0.366 e. The van der Waals surface area contributed by atoms with Crippen molar-refractivity contribution in [2.24, 2.45) is 0 Å². The number of carbonyl (C=O) groups excluding carboxylic acids is 1. The summed E-state index contributed by atoms with van der Waals surface area (Å²) in [5, 5.41) is 0. The predicted molar refractivity (Wildman–Crippen MR) is 133 cm³/mol. The van der Waals surface area contributed by atoms with E-state index in [1.807, 2.05) is 36.4 Å². The number of anilines is 2. The molecular weight excluding hydrogens is 408 g/mol. The summed E-state index contributed by atoms with van der Waals surface area (Å²) in [6, 6.07) is 14.2. The van der Waals surface area contributed by atoms with Crippen molar-refractivity contribution in [3.8, 4) is 0 Å². The summed E-state index contributed by atoms with van der Waals surface area (Å²) in [5.74, 6) is 0.432. The van der Waals surface area contributed by atoms with Gasteiger partial charge < -0.3 is 4.90 Å². The molecule has 1 amide bonds. The summed E-state index contributed by atoms with van der Waals surface area (Å²) in [6.07, 6.45) is 3.13. The molecule has 2 aliphatic rings. The predicted octanol–water partition coefficient (Wildman–Crippen LogP) is 6.51. The van der Waals surface area contributed by atoms with Gasteiger partial charge in [-0.15, -0.1) is 0 Å². The quantitative estimate of drug-likeness (QED) is 0.404. The third kappa shape index (κ3) is 3.58. The van der Waals surface area contributed by atoms with E-state index in [0.717, 1.165) is 24.2 Å². The van der Waals surface area contributed by atoms with Crippen LogP contribution in [0.3, 0.4) is 0 Å². The standard InChI is InChI=1S/C25H28N2OS2/c1-6-26-21-12-16(2)18(13-20(21)17(3)15-25(26,4)5)14-22-23(28)27(24(29)30-22)19-10-8-7-9-11-19/h7-14,17H,6,15H2,1-5H3/b22-14-. The highest BCUT2D eigenvalue weighted by Crippen LogP contribution is 2.45. The molecule has 30 heavy (non-hydrogen) atoms. The second-order valence-corrected chi connectivity index (χ2v) is 10.5. The van der Waals surface area contributed by atoms with Gasteiger partial charge in [0, 0.05) is 17.8 Å². The van der Waals surface area contributed by atoms with Crippen LogP contribution in [-0.4, -0.2) is 22.3 Å². The molecule has 0 saturated carbocycles. The average Bonchev–Trinajstić information content (AvgIpc) is 2.96. The van der Waals surface area contributed by atoms with Gasteiger partial charge >= 0.3 is 0 Å². The Morgan fingerprint density at radius 1 is 1.23 bits per heavy atom. The van der Waals surface area contributed by atoms with E-state index in [4.69, 9.17) is 12.2 Å². The molecule has 4 rings (SSSR count). The summed E-state index contributed by atoms with van der Waals surface area (Å²) in [5.41, 5.74) is 5.94. The van der Waals surface area contributed by atoms with E-state index in [9.17, 15) is 4.79 Å². The van der Waals surface area contributed by atoms with Crippen LogP contribution in [0.2, 0.25) is 0 Å². The topological polar surface area (TPSA) is 23.6 Å². The molecule has 2 aromatic carbocycles. The lowest BCUT2D eigenvalue weighted by molar-refractivity contribution is -0.113. The number of thioether (sulfide) groups is 1. The fourth-order valence-electron chi connectivity index (χ4n) is 4.81. The lowest BCUT2D eigenvalue weighted by atomic mass is 9.79. The molecule has 1 unspecified atom stereocenters. The van der Waals surface area contributed by atoms with Crippen molar-refractivity contribution in [2.45, 2.75) is 52.5 Å². The van der Waals surface area contributed by atoms with E-state index in [0.29, 0.717) is 15.1 Å². The molecule has 0 bridgehead atoms. The maximum absolute atomic E-state index is 13.1. The number of fused-ring (bicyclic) bond motifs is 1. The summed E-state index contributed by atoms with van der Waals surface area (Å²) < 4.78 is 0.584. The monoisotopic (exact) mass is 436 g/mol. The summed E-state index contributed by atoms with van der Waals surface area (Å²) in [6.45, 7) is 12.3. The number of amides is 1. The summed E-state index contributed by atoms with van der Waals surface area (Å²) >= 11 is 6.90. The van der Waals surface area contributed by atoms with Gasteiger partial charge in [0.2, 0.25) is 0 Å². The van der Waals surface area contributed by atoms with Crippen LogP contribution >= 0.6 is 24.0 Å². The van der Waals surface area contributed by atoms with E-state index in [1.165, 1.54) is 28.6 Å². The number of nitrogens with zero attached hydrogens (tertiary/aromatic N) is 2. The number of thiocarbonyl (C=S) groups is 1. The van der Waals surface area contributed by atoms with Crippen LogP contribution in [0.5, 0.6) is 0 Å². The molecule has 3 nitrogen and oxygen atoms in total. The molecule has 0 radical (unpaired) electrons. The van der Waals surface area contributed by atoms with Crippen molar-refractivity contribution in [3.63, 3.8) is 0 Å². The average molecular weight is 437 g/mol. The summed E-state index contributed by atoms with van der Waals surface area (Å²) in [4.78, 5) is 17.9. The summed E-state index contributed by atoms with van der Waals surface area (Å²) in [7, 11) is 0. The van der Waals surface area contributed by atoms with Crippen molar-refractivity contribution < 1.29 is 4.79 Å². The first-order valence-corrected chi connectivity index (χ1v) is 11.7. The minimum Gasteiger partial charge on any atom is -0.366 e. The molecule has 0 aromatic heterocycles. The fraction of sp³-hybridized carbons (Fsp3) is 0.360. The zero-order chi connectivity index (χ0) is 21.6. The number of carbonyl (C=O) groups is 1. The Morgan fingerprint density at radius 2 is 1.93 bits per heavy atom. The molecule has 0 aliphatic carbocycles. The zero-order valence-corrected chi connectivity index (χ0v) is 19.9. The van der Waals surface area contributed by atoms with Crippen LogP contribution in [0.1, 0.15) is 56.7 Å². The SMILES string of the molecule is CCN1c2cc(C)c(/C=C3\SC(=S)N(c4ccccc4)C3=O)cc2C(C)CC1(C)C. The van der Waals surface area contributed by atoms with Gasteiger partial charge in [-0.3, -0.25) is 9.69 Å². The van der Waals surface area contributed by atoms with E-state index in [-0.39, 0.29) is 11.4 Å². The van der Waals surface area contributed by atoms with Gasteiger partial charge in [-0.05, 0) is 87.1 Å². The Morgan fingerprint density at radius 3 is 2.60 bits per heavy atom. The van der Waals surface area contributed by atoms with Gasteiger partial charge in [0.25, 0.3) is 5.91 Å². The van der Waals surface area contributed by atoms with Gasteiger partial charge in [0.15, 0.2) is 4.32 Å². The third-order valence-electron chi connectivity index (χ3n) is 6.18. The van der Waals surface area contributed by atoms with Gasteiger partial charge in [-0.2, -0.15) is 0 Å². The van der Waals surface area contributed by atoms with Crippen LogP contribution in [0.25, 0.3) is 6.08 Å². The molecule has 1 saturated heterocycles. The number of benzene rings is 2. The van der Waals surface area contributed by atoms with E-state index < -0.39 is 0 Å². The van der Waals surface area contributed by atoms with Gasteiger partial charge in [-0.1, -0.05) is 49.1 Å². The maximum atomic E-state index is 13.1. The highest BCUT2D eigenvalue weighted by molar-refractivity contribution is 8.27. The number of rotatable bonds is 3. The van der Waals surface area contributed by atoms with E-state index >= 15 is 0 Å². The first kappa shape index (κ1) is 21.1. The molecule has 2 aromatic rings. The molecule has 1 atom stereocenters. The molecule has 2 heterocycles. The fourth-order valence-corrected chi connectivity index (χ4v) is 6.10. The normalized spacial score (nSPS) is 22.0. The lowest BCUT2D eigenvalue weighted by Crippen LogP contribution is -2.48. The molecular formula is C25H28N2OS2. The Labute approximate surface area is 189 Å². The first-order chi connectivity index (χ1) is 14.2. The molecule has 1 fully saturated rings. The van der Waals surface area contributed by atoms with Gasteiger partial charge in [0.1, 0.15) is 0 Å². The minimum absolute atomic E-state index is 0.0438. The molecule has 2 aliphatic heterocycles. The van der Waals surface area contributed by atoms with Crippen molar-refractivity contribution in [1.82, 2.24) is 0 Å². The number of hydrogen-bond acceptors (Lipinski definition) is 4. The van der Waals surface area contributed by atoms with Crippen molar-refractivity contribution in [1.29, 1.82) is 0 Å². The highest BCUT2D eigenvalue weighted by Gasteiger charge is 2.36. The Balaban J connectivity index is 1.73. The Bertz CT molecular complexity index is 1040. The van der Waals surface area contributed by atoms with E-state index in [1.54, 1.807) is 4.90 Å². The lowest BCUT2D eigenvalue weighted by Gasteiger charge is -2.47.